The van der Waals surface area contributed by atoms with Gasteiger partial charge in [-0.15, -0.1) is 0 Å². The molecule has 0 spiro atoms. The molecule has 2 rings (SSSR count). The Kier molecular flexibility index (Phi) is 2.21. The number of aryl methyl sites for hydroxylation is 2. The summed E-state index contributed by atoms with van der Waals surface area (Å²) in [6.07, 6.45) is 0. The molecule has 0 aliphatic rings. The van der Waals surface area contributed by atoms with Crippen LogP contribution >= 0.6 is 11.6 Å². The number of hydrogen-bond acceptors (Lipinski definition) is 2. The zero-order valence-corrected chi connectivity index (χ0v) is 8.81. The lowest BCUT2D eigenvalue weighted by Crippen LogP contribution is -1.89. The van der Waals surface area contributed by atoms with E-state index in [2.05, 4.69) is 9.97 Å². The van der Waals surface area contributed by atoms with Crippen LogP contribution in [0.15, 0.2) is 6.07 Å². The molecule has 2 aromatic rings. The molecule has 3 nitrogen and oxygen atoms in total. The molecule has 0 saturated carbocycles. The Hall–Kier alpha value is -1.06. The topological polar surface area (TPSA) is 48.9 Å². The Morgan fingerprint density at radius 3 is 2.86 bits per heavy atom. The Labute approximate surface area is 86.7 Å². The van der Waals surface area contributed by atoms with Gasteiger partial charge < -0.3 is 10.1 Å². The van der Waals surface area contributed by atoms with Gasteiger partial charge in [0.15, 0.2) is 0 Å². The molecule has 0 bridgehead atoms. The Bertz CT molecular complexity index is 490. The van der Waals surface area contributed by atoms with E-state index in [4.69, 9.17) is 16.7 Å². The number of nitrogens with zero attached hydrogens (tertiary/aromatic N) is 1. The first-order valence-electron chi connectivity index (χ1n) is 4.38. The number of rotatable bonds is 1. The molecule has 0 fully saturated rings. The van der Waals surface area contributed by atoms with Gasteiger partial charge in [-0.1, -0.05) is 11.6 Å². The van der Waals surface area contributed by atoms with Crippen LogP contribution in [-0.2, 0) is 6.61 Å². The SMILES string of the molecule is Cc1nc(Cl)c2cc(CO)[nH]c2c1C. The molecule has 2 N–H and O–H groups in total. The van der Waals surface area contributed by atoms with Crippen molar-refractivity contribution < 1.29 is 5.11 Å². The second-order valence-electron chi connectivity index (χ2n) is 3.35. The third kappa shape index (κ3) is 1.29. The van der Waals surface area contributed by atoms with Crippen LogP contribution in [0.2, 0.25) is 5.15 Å². The van der Waals surface area contributed by atoms with Gasteiger partial charge >= 0.3 is 0 Å². The molecule has 0 amide bonds. The summed E-state index contributed by atoms with van der Waals surface area (Å²) in [5, 5.41) is 10.4. The van der Waals surface area contributed by atoms with Crippen LogP contribution < -0.4 is 0 Å². The van der Waals surface area contributed by atoms with E-state index in [0.29, 0.717) is 5.15 Å². The van der Waals surface area contributed by atoms with Crippen LogP contribution in [0.5, 0.6) is 0 Å². The molecule has 0 aromatic carbocycles. The number of halogens is 1. The van der Waals surface area contributed by atoms with Crippen molar-refractivity contribution in [2.45, 2.75) is 20.5 Å². The summed E-state index contributed by atoms with van der Waals surface area (Å²) < 4.78 is 0. The van der Waals surface area contributed by atoms with Gasteiger partial charge in [-0.25, -0.2) is 4.98 Å². The number of H-pyrrole nitrogens is 1. The standard InChI is InChI=1S/C10H11ClN2O/c1-5-6(2)12-10(11)8-3-7(4-14)13-9(5)8/h3,13-14H,4H2,1-2H3. The smallest absolute Gasteiger partial charge is 0.138 e. The van der Waals surface area contributed by atoms with Gasteiger partial charge in [0.25, 0.3) is 0 Å². The van der Waals surface area contributed by atoms with Crippen molar-refractivity contribution in [2.75, 3.05) is 0 Å². The number of aliphatic hydroxyl groups excluding tert-OH is 1. The van der Waals surface area contributed by atoms with Gasteiger partial charge in [-0.3, -0.25) is 0 Å². The van der Waals surface area contributed by atoms with E-state index < -0.39 is 0 Å². The van der Waals surface area contributed by atoms with Crippen molar-refractivity contribution >= 4 is 22.5 Å². The number of hydrogen-bond donors (Lipinski definition) is 2. The fourth-order valence-electron chi connectivity index (χ4n) is 1.53. The summed E-state index contributed by atoms with van der Waals surface area (Å²) in [4.78, 5) is 7.33. The minimum atomic E-state index is -0.0104. The molecular formula is C10H11ClN2O. The van der Waals surface area contributed by atoms with Crippen molar-refractivity contribution in [3.8, 4) is 0 Å². The normalized spacial score (nSPS) is 11.1. The van der Waals surface area contributed by atoms with E-state index >= 15 is 0 Å². The minimum Gasteiger partial charge on any atom is -0.390 e. The van der Waals surface area contributed by atoms with Gasteiger partial charge in [-0.2, -0.15) is 0 Å². The highest BCUT2D eigenvalue weighted by Crippen LogP contribution is 2.26. The van der Waals surface area contributed by atoms with E-state index in [0.717, 1.165) is 27.9 Å². The summed E-state index contributed by atoms with van der Waals surface area (Å²) >= 11 is 5.99. The van der Waals surface area contributed by atoms with E-state index in [1.807, 2.05) is 19.9 Å². The molecule has 2 heterocycles. The average Bonchev–Trinajstić information content (AvgIpc) is 2.58. The minimum absolute atomic E-state index is 0.0104. The highest BCUT2D eigenvalue weighted by Gasteiger charge is 2.09. The van der Waals surface area contributed by atoms with Gasteiger partial charge in [0.1, 0.15) is 5.15 Å². The summed E-state index contributed by atoms with van der Waals surface area (Å²) in [6, 6.07) is 1.83. The van der Waals surface area contributed by atoms with Crippen LogP contribution in [-0.4, -0.2) is 15.1 Å². The van der Waals surface area contributed by atoms with Crippen molar-refractivity contribution in [3.05, 3.63) is 28.2 Å². The number of nitrogens with one attached hydrogen (secondary N) is 1. The monoisotopic (exact) mass is 210 g/mol. The quantitative estimate of drug-likeness (QED) is 0.710. The molecular weight excluding hydrogens is 200 g/mol. The summed E-state index contributed by atoms with van der Waals surface area (Å²) in [6.45, 7) is 3.89. The van der Waals surface area contributed by atoms with E-state index in [9.17, 15) is 0 Å². The summed E-state index contributed by atoms with van der Waals surface area (Å²) in [5.41, 5.74) is 3.71. The van der Waals surface area contributed by atoms with Gasteiger partial charge in [0, 0.05) is 16.8 Å². The first-order valence-corrected chi connectivity index (χ1v) is 4.76. The maximum absolute atomic E-state index is 8.99. The highest BCUT2D eigenvalue weighted by molar-refractivity contribution is 6.34. The lowest BCUT2D eigenvalue weighted by atomic mass is 10.2. The molecule has 0 aliphatic carbocycles. The highest BCUT2D eigenvalue weighted by atomic mass is 35.5. The van der Waals surface area contributed by atoms with Crippen LogP contribution in [0.1, 0.15) is 17.0 Å². The predicted octanol–water partition coefficient (Wildman–Crippen LogP) is 2.33. The molecule has 0 radical (unpaired) electrons. The molecule has 0 atom stereocenters. The average molecular weight is 211 g/mol. The Morgan fingerprint density at radius 1 is 1.50 bits per heavy atom. The number of pyridine rings is 1. The fraction of sp³-hybridized carbons (Fsp3) is 0.300. The van der Waals surface area contributed by atoms with Crippen LogP contribution in [0.3, 0.4) is 0 Å². The number of fused-ring (bicyclic) bond motifs is 1. The lowest BCUT2D eigenvalue weighted by molar-refractivity contribution is 0.278. The second kappa shape index (κ2) is 3.26. The zero-order valence-electron chi connectivity index (χ0n) is 8.06. The van der Waals surface area contributed by atoms with E-state index in [-0.39, 0.29) is 6.61 Å². The molecule has 2 aromatic heterocycles. The molecule has 74 valence electrons. The zero-order chi connectivity index (χ0) is 10.3. The summed E-state index contributed by atoms with van der Waals surface area (Å²) in [7, 11) is 0. The molecule has 0 unspecified atom stereocenters. The van der Waals surface area contributed by atoms with Crippen LogP contribution in [0, 0.1) is 13.8 Å². The van der Waals surface area contributed by atoms with E-state index in [1.165, 1.54) is 0 Å². The van der Waals surface area contributed by atoms with Crippen molar-refractivity contribution in [1.29, 1.82) is 0 Å². The van der Waals surface area contributed by atoms with Gasteiger partial charge in [-0.05, 0) is 25.5 Å². The number of aromatic nitrogens is 2. The summed E-state index contributed by atoms with van der Waals surface area (Å²) in [5.74, 6) is 0. The fourth-order valence-corrected chi connectivity index (χ4v) is 1.80. The maximum Gasteiger partial charge on any atom is 0.138 e. The second-order valence-corrected chi connectivity index (χ2v) is 3.71. The third-order valence-corrected chi connectivity index (χ3v) is 2.74. The van der Waals surface area contributed by atoms with Crippen molar-refractivity contribution in [1.82, 2.24) is 9.97 Å². The van der Waals surface area contributed by atoms with Gasteiger partial charge in [0.2, 0.25) is 0 Å². The molecule has 0 saturated heterocycles. The molecule has 0 aliphatic heterocycles. The number of aliphatic hydroxyl groups is 1. The molecule has 14 heavy (non-hydrogen) atoms. The van der Waals surface area contributed by atoms with Gasteiger partial charge in [0.05, 0.1) is 12.1 Å². The number of aromatic amines is 1. The maximum atomic E-state index is 8.99. The molecule has 4 heteroatoms. The largest absolute Gasteiger partial charge is 0.390 e. The predicted molar refractivity (Wildman–Crippen MR) is 56.5 cm³/mol. The Balaban J connectivity index is 2.84. The Morgan fingerprint density at radius 2 is 2.21 bits per heavy atom. The first-order chi connectivity index (χ1) is 6.63. The first kappa shape index (κ1) is 9.49. The van der Waals surface area contributed by atoms with Crippen LogP contribution in [0.25, 0.3) is 10.9 Å². The lowest BCUT2D eigenvalue weighted by Gasteiger charge is -2.01. The third-order valence-electron chi connectivity index (χ3n) is 2.45. The van der Waals surface area contributed by atoms with Crippen molar-refractivity contribution in [2.24, 2.45) is 0 Å². The van der Waals surface area contributed by atoms with E-state index in [1.54, 1.807) is 0 Å². The van der Waals surface area contributed by atoms with Crippen molar-refractivity contribution in [3.63, 3.8) is 0 Å². The van der Waals surface area contributed by atoms with Crippen LogP contribution in [0.4, 0.5) is 0 Å².